The van der Waals surface area contributed by atoms with Gasteiger partial charge in [-0.1, -0.05) is 69.9 Å². The van der Waals surface area contributed by atoms with Crippen molar-refractivity contribution >= 4 is 20.0 Å². The maximum absolute atomic E-state index is 13.3. The molecular weight excluding hydrogens is 432 g/mol. The molecule has 0 heterocycles. The smallest absolute Gasteiger partial charge is 0.206 e. The molecule has 0 aliphatic rings. The molecule has 0 N–H and O–H groups in total. The zero-order chi connectivity index (χ0) is 22.5. The standard InChI is InChI=1S/C23H22N2O4S2/c1-19-12-14-20(15-13-19)21(18-24)16-17-25(30(26,27)22-8-4-2-5-9-22)31(28,29)23-10-6-3-7-11-23/h2-15,21H,16-17H2,1H3/t21-/m0/s1. The van der Waals surface area contributed by atoms with Gasteiger partial charge in [-0.15, -0.1) is 0 Å². The normalized spacial score (nSPS) is 12.9. The average Bonchev–Trinajstić information content (AvgIpc) is 2.78. The van der Waals surface area contributed by atoms with Gasteiger partial charge in [-0.3, -0.25) is 0 Å². The summed E-state index contributed by atoms with van der Waals surface area (Å²) in [7, 11) is -8.73. The first-order valence-electron chi connectivity index (χ1n) is 9.61. The molecule has 0 saturated carbocycles. The Morgan fingerprint density at radius 1 is 0.774 bits per heavy atom. The van der Waals surface area contributed by atoms with Crippen LogP contribution in [0.1, 0.15) is 23.5 Å². The minimum Gasteiger partial charge on any atom is -0.206 e. The summed E-state index contributed by atoms with van der Waals surface area (Å²) in [4.78, 5) is -0.253. The Labute approximate surface area is 183 Å². The molecule has 0 saturated heterocycles. The SMILES string of the molecule is Cc1ccc([C@H](C#N)CCN(S(=O)(=O)c2ccccc2)S(=O)(=O)c2ccccc2)cc1. The minimum absolute atomic E-state index is 0.0255. The summed E-state index contributed by atoms with van der Waals surface area (Å²) in [6, 6.07) is 24.3. The van der Waals surface area contributed by atoms with Gasteiger partial charge in [-0.25, -0.2) is 16.8 Å². The third-order valence-electron chi connectivity index (χ3n) is 4.85. The zero-order valence-electron chi connectivity index (χ0n) is 16.9. The van der Waals surface area contributed by atoms with Gasteiger partial charge >= 0.3 is 0 Å². The van der Waals surface area contributed by atoms with E-state index in [1.165, 1.54) is 48.5 Å². The van der Waals surface area contributed by atoms with Crippen molar-refractivity contribution in [3.8, 4) is 6.07 Å². The fourth-order valence-corrected chi connectivity index (χ4v) is 6.84. The second-order valence-electron chi connectivity index (χ2n) is 7.01. The van der Waals surface area contributed by atoms with Gasteiger partial charge in [-0.2, -0.15) is 5.26 Å². The third-order valence-corrected chi connectivity index (χ3v) is 9.20. The molecule has 0 radical (unpaired) electrons. The number of benzene rings is 3. The Balaban J connectivity index is 2.00. The Bertz CT molecular complexity index is 1200. The van der Waals surface area contributed by atoms with E-state index < -0.39 is 26.0 Å². The molecule has 0 unspecified atom stereocenters. The highest BCUT2D eigenvalue weighted by atomic mass is 32.3. The van der Waals surface area contributed by atoms with Crippen LogP contribution in [0.2, 0.25) is 0 Å². The van der Waals surface area contributed by atoms with E-state index in [0.29, 0.717) is 9.27 Å². The van der Waals surface area contributed by atoms with Crippen LogP contribution in [0.3, 0.4) is 0 Å². The first-order valence-corrected chi connectivity index (χ1v) is 12.5. The molecule has 0 spiro atoms. The van der Waals surface area contributed by atoms with Crippen molar-refractivity contribution in [2.24, 2.45) is 0 Å². The maximum Gasteiger partial charge on any atom is 0.256 e. The largest absolute Gasteiger partial charge is 0.256 e. The van der Waals surface area contributed by atoms with Crippen molar-refractivity contribution in [3.63, 3.8) is 0 Å². The van der Waals surface area contributed by atoms with Crippen molar-refractivity contribution in [2.45, 2.75) is 29.1 Å². The molecule has 0 aromatic heterocycles. The highest BCUT2D eigenvalue weighted by molar-refractivity contribution is 8.04. The molecule has 3 aromatic rings. The van der Waals surface area contributed by atoms with Gasteiger partial charge in [-0.05, 0) is 43.2 Å². The Morgan fingerprint density at radius 3 is 1.65 bits per heavy atom. The molecule has 31 heavy (non-hydrogen) atoms. The van der Waals surface area contributed by atoms with Crippen LogP contribution in [0.5, 0.6) is 0 Å². The second-order valence-corrected chi connectivity index (χ2v) is 11.0. The van der Waals surface area contributed by atoms with Gasteiger partial charge in [0.15, 0.2) is 0 Å². The molecule has 1 atom stereocenters. The maximum atomic E-state index is 13.3. The Kier molecular flexibility index (Phi) is 6.91. The number of nitriles is 1. The number of sulfonamides is 2. The molecule has 0 fully saturated rings. The Hall–Kier alpha value is -2.99. The van der Waals surface area contributed by atoms with Gasteiger partial charge < -0.3 is 0 Å². The van der Waals surface area contributed by atoms with E-state index in [1.807, 2.05) is 19.1 Å². The van der Waals surface area contributed by atoms with E-state index in [2.05, 4.69) is 6.07 Å². The first-order chi connectivity index (χ1) is 14.8. The number of rotatable bonds is 8. The second kappa shape index (κ2) is 9.43. The lowest BCUT2D eigenvalue weighted by atomic mass is 9.96. The van der Waals surface area contributed by atoms with Crippen LogP contribution in [0.15, 0.2) is 94.7 Å². The van der Waals surface area contributed by atoms with Crippen molar-refractivity contribution in [3.05, 3.63) is 96.1 Å². The summed E-state index contributed by atoms with van der Waals surface area (Å²) < 4.78 is 53.7. The molecule has 6 nitrogen and oxygen atoms in total. The van der Waals surface area contributed by atoms with E-state index in [1.54, 1.807) is 24.3 Å². The summed E-state index contributed by atoms with van der Waals surface area (Å²) >= 11 is 0. The third kappa shape index (κ3) is 5.02. The highest BCUT2D eigenvalue weighted by Crippen LogP contribution is 2.27. The van der Waals surface area contributed by atoms with E-state index >= 15 is 0 Å². The molecule has 8 heteroatoms. The first kappa shape index (κ1) is 22.7. The van der Waals surface area contributed by atoms with E-state index in [9.17, 15) is 22.1 Å². The lowest BCUT2D eigenvalue weighted by Crippen LogP contribution is -2.38. The van der Waals surface area contributed by atoms with Crippen LogP contribution in [-0.2, 0) is 20.0 Å². The molecule has 3 aromatic carbocycles. The zero-order valence-corrected chi connectivity index (χ0v) is 18.6. The van der Waals surface area contributed by atoms with Gasteiger partial charge in [0.25, 0.3) is 20.0 Å². The van der Waals surface area contributed by atoms with E-state index in [-0.39, 0.29) is 22.8 Å². The Morgan fingerprint density at radius 2 is 1.23 bits per heavy atom. The number of aryl methyl sites for hydroxylation is 1. The molecule has 0 aliphatic carbocycles. The highest BCUT2D eigenvalue weighted by Gasteiger charge is 2.36. The quantitative estimate of drug-likeness (QED) is 0.511. The molecular formula is C23H22N2O4S2. The molecule has 3 rings (SSSR count). The fraction of sp³-hybridized carbons (Fsp3) is 0.174. The van der Waals surface area contributed by atoms with Crippen LogP contribution < -0.4 is 0 Å². The van der Waals surface area contributed by atoms with Crippen LogP contribution >= 0.6 is 0 Å². The lowest BCUT2D eigenvalue weighted by Gasteiger charge is -2.23. The average molecular weight is 455 g/mol. The van der Waals surface area contributed by atoms with Crippen molar-refractivity contribution in [1.82, 2.24) is 3.71 Å². The summed E-state index contributed by atoms with van der Waals surface area (Å²) in [6.45, 7) is 1.56. The predicted molar refractivity (Wildman–Crippen MR) is 118 cm³/mol. The molecule has 0 bridgehead atoms. The summed E-state index contributed by atoms with van der Waals surface area (Å²) in [5, 5.41) is 9.63. The molecule has 0 aliphatic heterocycles. The number of hydrogen-bond acceptors (Lipinski definition) is 5. The van der Waals surface area contributed by atoms with Gasteiger partial charge in [0.2, 0.25) is 0 Å². The monoisotopic (exact) mass is 454 g/mol. The number of hydrogen-bond donors (Lipinski definition) is 0. The molecule has 160 valence electrons. The number of nitrogens with zero attached hydrogens (tertiary/aromatic N) is 2. The summed E-state index contributed by atoms with van der Waals surface area (Å²) in [5.41, 5.74) is 1.74. The van der Waals surface area contributed by atoms with Gasteiger partial charge in [0.1, 0.15) is 0 Å². The van der Waals surface area contributed by atoms with Crippen LogP contribution in [0, 0.1) is 18.3 Å². The van der Waals surface area contributed by atoms with Crippen LogP contribution in [0.4, 0.5) is 0 Å². The van der Waals surface area contributed by atoms with Crippen molar-refractivity contribution < 1.29 is 16.8 Å². The van der Waals surface area contributed by atoms with Crippen LogP contribution in [-0.4, -0.2) is 27.1 Å². The van der Waals surface area contributed by atoms with Gasteiger partial charge in [0, 0.05) is 6.54 Å². The minimum atomic E-state index is -4.36. The van der Waals surface area contributed by atoms with Crippen molar-refractivity contribution in [2.75, 3.05) is 6.54 Å². The van der Waals surface area contributed by atoms with E-state index in [4.69, 9.17) is 0 Å². The summed E-state index contributed by atoms with van der Waals surface area (Å²) in [6.07, 6.45) is 0.0255. The summed E-state index contributed by atoms with van der Waals surface area (Å²) in [5.74, 6) is -0.653. The molecule has 0 amide bonds. The predicted octanol–water partition coefficient (Wildman–Crippen LogP) is 4.07. The van der Waals surface area contributed by atoms with Crippen LogP contribution in [0.25, 0.3) is 0 Å². The fourth-order valence-electron chi connectivity index (χ4n) is 3.13. The van der Waals surface area contributed by atoms with Gasteiger partial charge in [0.05, 0.1) is 21.8 Å². The van der Waals surface area contributed by atoms with Crippen molar-refractivity contribution in [1.29, 1.82) is 5.26 Å². The lowest BCUT2D eigenvalue weighted by molar-refractivity contribution is 0.485. The van der Waals surface area contributed by atoms with E-state index in [0.717, 1.165) is 5.56 Å². The topological polar surface area (TPSA) is 95.3 Å².